The molecule has 0 amide bonds. The number of nitrogens with two attached hydrogens (primary N) is 1. The van der Waals surface area contributed by atoms with Crippen molar-refractivity contribution in [1.29, 1.82) is 0 Å². The standard InChI is InChI=1S/C15H16N2O/c16-10-15(5-6-15)13-3-1-2-11(8-13)14(18)12-4-7-17-9-12/h1-4,7-9,17H,5-6,10,16H2. The molecule has 0 spiro atoms. The van der Waals surface area contributed by atoms with Crippen molar-refractivity contribution >= 4 is 5.78 Å². The molecule has 3 rings (SSSR count). The fourth-order valence-corrected chi connectivity index (χ4v) is 2.38. The highest BCUT2D eigenvalue weighted by molar-refractivity contribution is 6.09. The zero-order chi connectivity index (χ0) is 12.6. The van der Waals surface area contributed by atoms with Gasteiger partial charge >= 0.3 is 0 Å². The molecular formula is C15H16N2O. The van der Waals surface area contributed by atoms with Crippen LogP contribution in [0.3, 0.4) is 0 Å². The summed E-state index contributed by atoms with van der Waals surface area (Å²) in [4.78, 5) is 15.2. The molecule has 3 nitrogen and oxygen atoms in total. The summed E-state index contributed by atoms with van der Waals surface area (Å²) in [5, 5.41) is 0. The van der Waals surface area contributed by atoms with Crippen molar-refractivity contribution < 1.29 is 4.79 Å². The summed E-state index contributed by atoms with van der Waals surface area (Å²) < 4.78 is 0. The van der Waals surface area contributed by atoms with Gasteiger partial charge in [0.2, 0.25) is 0 Å². The van der Waals surface area contributed by atoms with E-state index in [9.17, 15) is 4.79 Å². The van der Waals surface area contributed by atoms with Crippen LogP contribution in [0.5, 0.6) is 0 Å². The van der Waals surface area contributed by atoms with E-state index < -0.39 is 0 Å². The van der Waals surface area contributed by atoms with Crippen LogP contribution in [0.1, 0.15) is 34.3 Å². The summed E-state index contributed by atoms with van der Waals surface area (Å²) in [5.41, 5.74) is 8.61. The fourth-order valence-electron chi connectivity index (χ4n) is 2.38. The summed E-state index contributed by atoms with van der Waals surface area (Å²) in [5.74, 6) is 0.0610. The molecule has 0 bridgehead atoms. The molecular weight excluding hydrogens is 224 g/mol. The third kappa shape index (κ3) is 1.77. The smallest absolute Gasteiger partial charge is 0.194 e. The summed E-state index contributed by atoms with van der Waals surface area (Å²) in [6, 6.07) is 9.68. The van der Waals surface area contributed by atoms with Gasteiger partial charge in [0.25, 0.3) is 0 Å². The van der Waals surface area contributed by atoms with Crippen molar-refractivity contribution in [1.82, 2.24) is 4.98 Å². The second-order valence-corrected chi connectivity index (χ2v) is 4.99. The van der Waals surface area contributed by atoms with Crippen LogP contribution >= 0.6 is 0 Å². The maximum Gasteiger partial charge on any atom is 0.194 e. The van der Waals surface area contributed by atoms with Crippen molar-refractivity contribution in [2.45, 2.75) is 18.3 Å². The first-order valence-electron chi connectivity index (χ1n) is 6.23. The zero-order valence-corrected chi connectivity index (χ0v) is 10.1. The molecule has 0 saturated heterocycles. The van der Waals surface area contributed by atoms with E-state index >= 15 is 0 Å². The molecule has 1 aliphatic carbocycles. The lowest BCUT2D eigenvalue weighted by Gasteiger charge is -2.13. The van der Waals surface area contributed by atoms with Crippen molar-refractivity contribution in [2.75, 3.05) is 6.54 Å². The Morgan fingerprint density at radius 1 is 1.28 bits per heavy atom. The zero-order valence-electron chi connectivity index (χ0n) is 10.1. The highest BCUT2D eigenvalue weighted by Crippen LogP contribution is 2.47. The quantitative estimate of drug-likeness (QED) is 0.805. The third-order valence-corrected chi connectivity index (χ3v) is 3.84. The molecule has 1 aromatic heterocycles. The van der Waals surface area contributed by atoms with Gasteiger partial charge in [0.15, 0.2) is 5.78 Å². The van der Waals surface area contributed by atoms with Crippen LogP contribution < -0.4 is 5.73 Å². The van der Waals surface area contributed by atoms with E-state index in [-0.39, 0.29) is 11.2 Å². The van der Waals surface area contributed by atoms with Gasteiger partial charge in [-0.05, 0) is 30.5 Å². The van der Waals surface area contributed by atoms with Crippen LogP contribution in [0.2, 0.25) is 0 Å². The molecule has 3 heteroatoms. The molecule has 0 atom stereocenters. The van der Waals surface area contributed by atoms with E-state index in [1.165, 1.54) is 5.56 Å². The van der Waals surface area contributed by atoms with Crippen LogP contribution in [0.15, 0.2) is 42.7 Å². The number of hydrogen-bond donors (Lipinski definition) is 2. The van der Waals surface area contributed by atoms with Crippen molar-refractivity contribution in [3.63, 3.8) is 0 Å². The molecule has 1 fully saturated rings. The summed E-state index contributed by atoms with van der Waals surface area (Å²) >= 11 is 0. The highest BCUT2D eigenvalue weighted by atomic mass is 16.1. The number of H-pyrrole nitrogens is 1. The van der Waals surface area contributed by atoms with Crippen molar-refractivity contribution in [3.8, 4) is 0 Å². The van der Waals surface area contributed by atoms with Gasteiger partial charge in [0.05, 0.1) is 0 Å². The Bertz CT molecular complexity index is 568. The number of carbonyl (C=O) groups excluding carboxylic acids is 1. The molecule has 0 aliphatic heterocycles. The highest BCUT2D eigenvalue weighted by Gasteiger charge is 2.42. The first kappa shape index (κ1) is 11.2. The maximum absolute atomic E-state index is 12.2. The largest absolute Gasteiger partial charge is 0.367 e. The number of carbonyl (C=O) groups is 1. The number of hydrogen-bond acceptors (Lipinski definition) is 2. The van der Waals surface area contributed by atoms with E-state index in [1.54, 1.807) is 18.5 Å². The molecule has 92 valence electrons. The molecule has 2 aromatic rings. The van der Waals surface area contributed by atoms with Crippen LogP contribution in [-0.4, -0.2) is 17.3 Å². The maximum atomic E-state index is 12.2. The van der Waals surface area contributed by atoms with Crippen LogP contribution in [0.25, 0.3) is 0 Å². The first-order chi connectivity index (χ1) is 8.75. The van der Waals surface area contributed by atoms with Crippen LogP contribution in [0.4, 0.5) is 0 Å². The van der Waals surface area contributed by atoms with Gasteiger partial charge in [0, 0.05) is 35.5 Å². The number of nitrogens with one attached hydrogen (secondary N) is 1. The summed E-state index contributed by atoms with van der Waals surface area (Å²) in [6.07, 6.45) is 5.75. The van der Waals surface area contributed by atoms with Gasteiger partial charge in [-0.1, -0.05) is 18.2 Å². The molecule has 3 N–H and O–H groups in total. The van der Waals surface area contributed by atoms with E-state index in [1.807, 2.05) is 18.2 Å². The Hall–Kier alpha value is -1.87. The minimum absolute atomic E-state index is 0.0610. The lowest BCUT2D eigenvalue weighted by atomic mass is 9.93. The number of rotatable bonds is 4. The lowest BCUT2D eigenvalue weighted by molar-refractivity contribution is 0.103. The first-order valence-corrected chi connectivity index (χ1v) is 6.23. The monoisotopic (exact) mass is 240 g/mol. The Morgan fingerprint density at radius 2 is 2.11 bits per heavy atom. The second kappa shape index (κ2) is 4.10. The Kier molecular flexibility index (Phi) is 2.56. The predicted molar refractivity (Wildman–Crippen MR) is 70.6 cm³/mol. The number of aromatic nitrogens is 1. The lowest BCUT2D eigenvalue weighted by Crippen LogP contribution is -2.20. The number of aromatic amines is 1. The molecule has 1 saturated carbocycles. The Balaban J connectivity index is 1.94. The number of ketones is 1. The topological polar surface area (TPSA) is 58.9 Å². The van der Waals surface area contributed by atoms with E-state index in [0.717, 1.165) is 18.4 Å². The summed E-state index contributed by atoms with van der Waals surface area (Å²) in [7, 11) is 0. The Morgan fingerprint density at radius 3 is 2.72 bits per heavy atom. The average Bonchev–Trinajstić information content (AvgIpc) is 3.04. The Labute approximate surface area is 106 Å². The van der Waals surface area contributed by atoms with Gasteiger partial charge in [-0.2, -0.15) is 0 Å². The van der Waals surface area contributed by atoms with Gasteiger partial charge in [-0.25, -0.2) is 0 Å². The second-order valence-electron chi connectivity index (χ2n) is 4.99. The fraction of sp³-hybridized carbons (Fsp3) is 0.267. The third-order valence-electron chi connectivity index (χ3n) is 3.84. The van der Waals surface area contributed by atoms with Gasteiger partial charge in [0.1, 0.15) is 0 Å². The summed E-state index contributed by atoms with van der Waals surface area (Å²) in [6.45, 7) is 0.662. The molecule has 1 aliphatic rings. The van der Waals surface area contributed by atoms with Gasteiger partial charge in [-0.3, -0.25) is 4.79 Å². The normalized spacial score (nSPS) is 16.5. The average molecular weight is 240 g/mol. The molecule has 1 aromatic carbocycles. The van der Waals surface area contributed by atoms with Gasteiger partial charge in [-0.15, -0.1) is 0 Å². The van der Waals surface area contributed by atoms with Crippen molar-refractivity contribution in [3.05, 3.63) is 59.4 Å². The van der Waals surface area contributed by atoms with Crippen LogP contribution in [0, 0.1) is 0 Å². The SMILES string of the molecule is NCC1(c2cccc(C(=O)c3cc[nH]c3)c2)CC1. The van der Waals surface area contributed by atoms with E-state index in [4.69, 9.17) is 5.73 Å². The van der Waals surface area contributed by atoms with Crippen molar-refractivity contribution in [2.24, 2.45) is 5.73 Å². The molecule has 18 heavy (non-hydrogen) atoms. The minimum atomic E-state index is 0.0610. The minimum Gasteiger partial charge on any atom is -0.367 e. The number of benzene rings is 1. The molecule has 1 heterocycles. The molecule has 0 unspecified atom stereocenters. The molecule has 0 radical (unpaired) electrons. The van der Waals surface area contributed by atoms with Gasteiger partial charge < -0.3 is 10.7 Å². The van der Waals surface area contributed by atoms with E-state index in [2.05, 4.69) is 11.1 Å². The van der Waals surface area contributed by atoms with E-state index in [0.29, 0.717) is 12.1 Å². The van der Waals surface area contributed by atoms with Crippen LogP contribution in [-0.2, 0) is 5.41 Å². The predicted octanol–water partition coefficient (Wildman–Crippen LogP) is 2.24.